The van der Waals surface area contributed by atoms with Gasteiger partial charge in [-0.3, -0.25) is 9.59 Å². The van der Waals surface area contributed by atoms with Crippen molar-refractivity contribution in [1.29, 1.82) is 0 Å². The van der Waals surface area contributed by atoms with Crippen molar-refractivity contribution < 1.29 is 31.9 Å². The Morgan fingerprint density at radius 2 is 2.00 bits per heavy atom. The molecule has 0 unspecified atom stereocenters. The van der Waals surface area contributed by atoms with Gasteiger partial charge in [0.1, 0.15) is 5.75 Å². The molecule has 2 atom stereocenters. The molecule has 24 heavy (non-hydrogen) atoms. The molecule has 1 aromatic rings. The van der Waals surface area contributed by atoms with E-state index in [2.05, 4.69) is 10.1 Å². The zero-order valence-electron chi connectivity index (χ0n) is 12.3. The molecular formula is C15H14F4N2O3. The fraction of sp³-hybridized carbons (Fsp3) is 0.467. The van der Waals surface area contributed by atoms with Crippen LogP contribution >= 0.6 is 0 Å². The number of alkyl halides is 4. The van der Waals surface area contributed by atoms with E-state index in [1.807, 2.05) is 0 Å². The Labute approximate surface area is 134 Å². The number of hydrogen-bond donors (Lipinski definition) is 1. The van der Waals surface area contributed by atoms with Gasteiger partial charge in [0.15, 0.2) is 0 Å². The zero-order valence-corrected chi connectivity index (χ0v) is 12.3. The first-order valence-electron chi connectivity index (χ1n) is 7.30. The number of fused-ring (bicyclic) bond motifs is 1. The minimum atomic E-state index is -4.69. The van der Waals surface area contributed by atoms with Gasteiger partial charge in [-0.2, -0.15) is 17.6 Å². The minimum Gasteiger partial charge on any atom is -0.427 e. The second-order valence-electron chi connectivity index (χ2n) is 5.81. The number of hydrogen-bond acceptors (Lipinski definition) is 3. The molecule has 1 aromatic carbocycles. The molecule has 0 spiro atoms. The van der Waals surface area contributed by atoms with E-state index in [1.165, 1.54) is 23.1 Å². The highest BCUT2D eigenvalue weighted by Crippen LogP contribution is 2.32. The first-order chi connectivity index (χ1) is 11.3. The molecule has 0 aromatic heterocycles. The second kappa shape index (κ2) is 5.95. The largest absolute Gasteiger partial charge is 0.461 e. The lowest BCUT2D eigenvalue weighted by Gasteiger charge is -2.22. The summed E-state index contributed by atoms with van der Waals surface area (Å²) in [5, 5.41) is 2.74. The lowest BCUT2D eigenvalue weighted by molar-refractivity contribution is -0.253. The van der Waals surface area contributed by atoms with E-state index in [0.717, 1.165) is 6.07 Å². The number of nitrogens with one attached hydrogen (secondary N) is 1. The summed E-state index contributed by atoms with van der Waals surface area (Å²) < 4.78 is 55.0. The number of ether oxygens (including phenoxy) is 1. The summed E-state index contributed by atoms with van der Waals surface area (Å²) in [5.74, 6) is -1.32. The van der Waals surface area contributed by atoms with Gasteiger partial charge in [-0.05, 0) is 12.1 Å². The van der Waals surface area contributed by atoms with Crippen LogP contribution in [-0.2, 0) is 4.79 Å². The quantitative estimate of drug-likeness (QED) is 0.847. The van der Waals surface area contributed by atoms with Gasteiger partial charge in [-0.1, -0.05) is 12.1 Å². The van der Waals surface area contributed by atoms with Crippen LogP contribution in [0.4, 0.5) is 17.6 Å². The molecule has 2 heterocycles. The van der Waals surface area contributed by atoms with Gasteiger partial charge >= 0.3 is 12.5 Å². The normalized spacial score (nSPS) is 23.4. The molecule has 2 aliphatic rings. The molecule has 2 amide bonds. The van der Waals surface area contributed by atoms with Crippen molar-refractivity contribution in [2.24, 2.45) is 5.92 Å². The maximum absolute atomic E-state index is 13.1. The lowest BCUT2D eigenvalue weighted by atomic mass is 10.1. The Bertz CT molecular complexity index is 652. The summed E-state index contributed by atoms with van der Waals surface area (Å²) in [6, 6.07) is 4.86. The van der Waals surface area contributed by atoms with Gasteiger partial charge in [0.05, 0.1) is 11.6 Å². The zero-order chi connectivity index (χ0) is 17.5. The molecule has 130 valence electrons. The first kappa shape index (κ1) is 16.5. The maximum Gasteiger partial charge on any atom is 0.461 e. The third-order valence-corrected chi connectivity index (χ3v) is 4.14. The lowest BCUT2D eigenvalue weighted by Crippen LogP contribution is -2.37. The van der Waals surface area contributed by atoms with E-state index in [0.29, 0.717) is 13.0 Å². The maximum atomic E-state index is 13.1. The van der Waals surface area contributed by atoms with Gasteiger partial charge in [-0.15, -0.1) is 0 Å². The Morgan fingerprint density at radius 1 is 1.29 bits per heavy atom. The topological polar surface area (TPSA) is 58.6 Å². The molecular weight excluding hydrogens is 332 g/mol. The van der Waals surface area contributed by atoms with Crippen molar-refractivity contribution in [3.8, 4) is 5.75 Å². The van der Waals surface area contributed by atoms with Crippen molar-refractivity contribution in [3.05, 3.63) is 29.8 Å². The van der Waals surface area contributed by atoms with Gasteiger partial charge in [0.2, 0.25) is 5.91 Å². The summed E-state index contributed by atoms with van der Waals surface area (Å²) in [6.45, 7) is 0.538. The van der Waals surface area contributed by atoms with Crippen LogP contribution in [0.25, 0.3) is 0 Å². The van der Waals surface area contributed by atoms with Crippen molar-refractivity contribution in [2.75, 3.05) is 13.1 Å². The molecule has 0 saturated carbocycles. The average molecular weight is 346 g/mol. The van der Waals surface area contributed by atoms with E-state index in [-0.39, 0.29) is 30.0 Å². The predicted molar refractivity (Wildman–Crippen MR) is 74.0 cm³/mol. The summed E-state index contributed by atoms with van der Waals surface area (Å²) in [4.78, 5) is 25.2. The number of nitrogens with zero attached hydrogens (tertiary/aromatic N) is 1. The van der Waals surface area contributed by atoms with Gasteiger partial charge in [0.25, 0.3) is 5.91 Å². The minimum absolute atomic E-state index is 0.0305. The number of benzene rings is 1. The van der Waals surface area contributed by atoms with Crippen LogP contribution in [-0.4, -0.2) is 48.4 Å². The van der Waals surface area contributed by atoms with E-state index in [9.17, 15) is 27.2 Å². The highest BCUT2D eigenvalue weighted by Gasteiger charge is 2.45. The van der Waals surface area contributed by atoms with E-state index in [4.69, 9.17) is 0 Å². The van der Waals surface area contributed by atoms with Crippen LogP contribution in [0.15, 0.2) is 24.3 Å². The molecule has 0 aliphatic carbocycles. The highest BCUT2D eigenvalue weighted by atomic mass is 19.3. The molecule has 2 aliphatic heterocycles. The monoisotopic (exact) mass is 346 g/mol. The number of para-hydroxylation sites is 1. The SMILES string of the molecule is O=C1C[C@H]2CN(C(=O)c3ccccc3OC(F)(F)C(F)F)C[C@H]2N1. The summed E-state index contributed by atoms with van der Waals surface area (Å²) >= 11 is 0. The van der Waals surface area contributed by atoms with Crippen LogP contribution in [0.2, 0.25) is 0 Å². The molecule has 0 radical (unpaired) electrons. The van der Waals surface area contributed by atoms with E-state index >= 15 is 0 Å². The smallest absolute Gasteiger partial charge is 0.427 e. The molecule has 2 fully saturated rings. The summed E-state index contributed by atoms with van der Waals surface area (Å²) in [7, 11) is 0. The third kappa shape index (κ3) is 3.02. The van der Waals surface area contributed by atoms with Crippen molar-refractivity contribution in [1.82, 2.24) is 10.2 Å². The number of carbonyl (C=O) groups is 2. The molecule has 1 N–H and O–H groups in total. The predicted octanol–water partition coefficient (Wildman–Crippen LogP) is 1.88. The number of amides is 2. The van der Waals surface area contributed by atoms with Crippen LogP contribution in [0.1, 0.15) is 16.8 Å². The van der Waals surface area contributed by atoms with Crippen LogP contribution in [0.3, 0.4) is 0 Å². The fourth-order valence-corrected chi connectivity index (χ4v) is 3.01. The number of carbonyl (C=O) groups excluding carboxylic acids is 2. The number of halogens is 4. The third-order valence-electron chi connectivity index (χ3n) is 4.14. The van der Waals surface area contributed by atoms with Gasteiger partial charge < -0.3 is 15.0 Å². The molecule has 0 bridgehead atoms. The standard InChI is InChI=1S/C15H14F4N2O3/c16-14(17)15(18,19)24-11-4-2-1-3-9(11)13(23)21-6-8-5-12(22)20-10(8)7-21/h1-4,8,10,14H,5-7H2,(H,20,22)/t8-,10+/m0/s1. The molecule has 9 heteroatoms. The molecule has 2 saturated heterocycles. The summed E-state index contributed by atoms with van der Waals surface area (Å²) in [6.07, 6.45) is -8.40. The highest BCUT2D eigenvalue weighted by molar-refractivity contribution is 5.97. The molecule has 3 rings (SSSR count). The van der Waals surface area contributed by atoms with Gasteiger partial charge in [-0.25, -0.2) is 0 Å². The van der Waals surface area contributed by atoms with Crippen molar-refractivity contribution >= 4 is 11.8 Å². The van der Waals surface area contributed by atoms with Crippen molar-refractivity contribution in [2.45, 2.75) is 25.0 Å². The fourth-order valence-electron chi connectivity index (χ4n) is 3.01. The summed E-state index contributed by atoms with van der Waals surface area (Å²) in [5.41, 5.74) is -0.218. The van der Waals surface area contributed by atoms with Gasteiger partial charge in [0, 0.05) is 25.4 Å². The second-order valence-corrected chi connectivity index (χ2v) is 5.81. The molecule has 5 nitrogen and oxygen atoms in total. The Balaban J connectivity index is 1.78. The average Bonchev–Trinajstić information content (AvgIpc) is 3.03. The van der Waals surface area contributed by atoms with Crippen molar-refractivity contribution in [3.63, 3.8) is 0 Å². The van der Waals surface area contributed by atoms with Crippen LogP contribution in [0.5, 0.6) is 5.75 Å². The Hall–Kier alpha value is -2.32. The number of rotatable bonds is 4. The Morgan fingerprint density at radius 3 is 2.67 bits per heavy atom. The first-order valence-corrected chi connectivity index (χ1v) is 7.30. The Kier molecular flexibility index (Phi) is 4.10. The van der Waals surface area contributed by atoms with E-state index in [1.54, 1.807) is 0 Å². The number of likely N-dealkylation sites (tertiary alicyclic amines) is 1. The van der Waals surface area contributed by atoms with E-state index < -0.39 is 24.2 Å². The van der Waals surface area contributed by atoms with Crippen LogP contribution in [0, 0.1) is 5.92 Å². The van der Waals surface area contributed by atoms with Crippen LogP contribution < -0.4 is 10.1 Å².